The van der Waals surface area contributed by atoms with E-state index in [0.717, 1.165) is 5.69 Å². The smallest absolute Gasteiger partial charge is 0.268 e. The summed E-state index contributed by atoms with van der Waals surface area (Å²) in [6.07, 6.45) is -0.612. The average molecular weight is 325 g/mol. The van der Waals surface area contributed by atoms with Crippen molar-refractivity contribution in [3.63, 3.8) is 0 Å². The molecule has 0 aliphatic carbocycles. The minimum Gasteiger partial charge on any atom is -0.479 e. The number of hydrogen-bond acceptors (Lipinski definition) is 4. The summed E-state index contributed by atoms with van der Waals surface area (Å²) in [5, 5.41) is 1.63. The van der Waals surface area contributed by atoms with Gasteiger partial charge in [0.2, 0.25) is 0 Å². The van der Waals surface area contributed by atoms with Crippen LogP contribution in [-0.4, -0.2) is 31.5 Å². The molecule has 1 N–H and O–H groups in total. The van der Waals surface area contributed by atoms with Gasteiger partial charge in [-0.15, -0.1) is 0 Å². The predicted octanol–water partition coefficient (Wildman–Crippen LogP) is 1.97. The topological polar surface area (TPSA) is 61.9 Å². The first kappa shape index (κ1) is 15.9. The van der Waals surface area contributed by atoms with Crippen LogP contribution in [0.1, 0.15) is 6.92 Å². The van der Waals surface area contributed by atoms with Crippen molar-refractivity contribution in [2.45, 2.75) is 13.0 Å². The summed E-state index contributed by atoms with van der Waals surface area (Å²) in [7, 11) is 1.75. The molecule has 1 aliphatic rings. The molecule has 0 fully saturated rings. The van der Waals surface area contributed by atoms with Crippen LogP contribution in [0.3, 0.4) is 0 Å². The van der Waals surface area contributed by atoms with Crippen LogP contribution >= 0.6 is 0 Å². The predicted molar refractivity (Wildman–Crippen MR) is 91.9 cm³/mol. The zero-order valence-corrected chi connectivity index (χ0v) is 13.6. The van der Waals surface area contributed by atoms with Crippen molar-refractivity contribution < 1.29 is 14.3 Å². The second kappa shape index (κ2) is 6.62. The fourth-order valence-electron chi connectivity index (χ4n) is 2.60. The van der Waals surface area contributed by atoms with Crippen LogP contribution in [-0.2, 0) is 9.59 Å². The normalized spacial score (nSPS) is 16.2. The standard InChI is InChI=1S/C18H19N3O3/c1-13-18(23)21(15-10-6-7-11-16(15)24-13)12-17(22)19-20(2)14-8-4-3-5-9-14/h3-11,13H,12H2,1-2H3,(H,19,22). The molecule has 1 unspecified atom stereocenters. The number of rotatable bonds is 4. The number of carbonyl (C=O) groups is 2. The Labute approximate surface area is 140 Å². The molecule has 0 spiro atoms. The van der Waals surface area contributed by atoms with E-state index in [1.165, 1.54) is 4.90 Å². The first-order chi connectivity index (χ1) is 11.6. The number of ether oxygens (including phenoxy) is 1. The zero-order valence-electron chi connectivity index (χ0n) is 13.6. The Kier molecular flexibility index (Phi) is 4.37. The number of nitrogens with zero attached hydrogens (tertiary/aromatic N) is 2. The van der Waals surface area contributed by atoms with Gasteiger partial charge in [0.25, 0.3) is 11.8 Å². The van der Waals surface area contributed by atoms with Gasteiger partial charge in [-0.2, -0.15) is 0 Å². The summed E-state index contributed by atoms with van der Waals surface area (Å²) in [4.78, 5) is 26.2. The highest BCUT2D eigenvalue weighted by molar-refractivity contribution is 6.03. The highest BCUT2D eigenvalue weighted by atomic mass is 16.5. The second-order valence-corrected chi connectivity index (χ2v) is 5.58. The van der Waals surface area contributed by atoms with Crippen LogP contribution in [0.25, 0.3) is 0 Å². The van der Waals surface area contributed by atoms with E-state index in [2.05, 4.69) is 5.43 Å². The van der Waals surface area contributed by atoms with Gasteiger partial charge in [-0.3, -0.25) is 24.9 Å². The van der Waals surface area contributed by atoms with E-state index in [1.54, 1.807) is 31.1 Å². The van der Waals surface area contributed by atoms with Crippen molar-refractivity contribution in [1.82, 2.24) is 5.43 Å². The average Bonchev–Trinajstić information content (AvgIpc) is 2.59. The van der Waals surface area contributed by atoms with E-state index in [1.807, 2.05) is 42.5 Å². The molecule has 0 radical (unpaired) electrons. The minimum atomic E-state index is -0.612. The summed E-state index contributed by atoms with van der Waals surface area (Å²) in [6, 6.07) is 16.7. The number of nitrogens with one attached hydrogen (secondary N) is 1. The maximum absolute atomic E-state index is 12.4. The molecule has 0 bridgehead atoms. The Morgan fingerprint density at radius 2 is 1.83 bits per heavy atom. The summed E-state index contributed by atoms with van der Waals surface area (Å²) >= 11 is 0. The lowest BCUT2D eigenvalue weighted by molar-refractivity contribution is -0.128. The molecule has 24 heavy (non-hydrogen) atoms. The summed E-state index contributed by atoms with van der Waals surface area (Å²) < 4.78 is 5.57. The van der Waals surface area contributed by atoms with Crippen molar-refractivity contribution in [3.05, 3.63) is 54.6 Å². The van der Waals surface area contributed by atoms with E-state index >= 15 is 0 Å². The zero-order chi connectivity index (χ0) is 17.1. The monoisotopic (exact) mass is 325 g/mol. The Balaban J connectivity index is 1.73. The molecule has 2 aromatic rings. The third-order valence-corrected chi connectivity index (χ3v) is 3.81. The van der Waals surface area contributed by atoms with E-state index in [4.69, 9.17) is 4.74 Å². The number of fused-ring (bicyclic) bond motifs is 1. The molecule has 2 aromatic carbocycles. The molecular formula is C18H19N3O3. The molecule has 1 heterocycles. The van der Waals surface area contributed by atoms with Gasteiger partial charge in [-0.05, 0) is 31.2 Å². The number of hydrazine groups is 1. The minimum absolute atomic E-state index is 0.0687. The van der Waals surface area contributed by atoms with Crippen molar-refractivity contribution in [1.29, 1.82) is 0 Å². The number of anilines is 2. The van der Waals surface area contributed by atoms with Crippen molar-refractivity contribution in [3.8, 4) is 5.75 Å². The van der Waals surface area contributed by atoms with Gasteiger partial charge in [0, 0.05) is 7.05 Å². The lowest BCUT2D eigenvalue weighted by Crippen LogP contribution is -2.51. The lowest BCUT2D eigenvalue weighted by Gasteiger charge is -2.33. The number of carbonyl (C=O) groups excluding carboxylic acids is 2. The lowest BCUT2D eigenvalue weighted by atomic mass is 10.2. The Morgan fingerprint density at radius 1 is 1.17 bits per heavy atom. The van der Waals surface area contributed by atoms with Gasteiger partial charge in [-0.1, -0.05) is 30.3 Å². The van der Waals surface area contributed by atoms with Gasteiger partial charge in [0.15, 0.2) is 6.10 Å². The van der Waals surface area contributed by atoms with Crippen LogP contribution in [0.15, 0.2) is 54.6 Å². The van der Waals surface area contributed by atoms with Crippen molar-refractivity contribution >= 4 is 23.2 Å². The van der Waals surface area contributed by atoms with Gasteiger partial charge < -0.3 is 4.74 Å². The van der Waals surface area contributed by atoms with E-state index in [9.17, 15) is 9.59 Å². The Bertz CT molecular complexity index is 748. The molecule has 124 valence electrons. The highest BCUT2D eigenvalue weighted by Gasteiger charge is 2.32. The summed E-state index contributed by atoms with van der Waals surface area (Å²) in [5.41, 5.74) is 4.23. The van der Waals surface area contributed by atoms with Crippen molar-refractivity contribution in [2.75, 3.05) is 23.5 Å². The maximum Gasteiger partial charge on any atom is 0.268 e. The van der Waals surface area contributed by atoms with Crippen LogP contribution in [0, 0.1) is 0 Å². The fourth-order valence-corrected chi connectivity index (χ4v) is 2.60. The summed E-state index contributed by atoms with van der Waals surface area (Å²) in [6.45, 7) is 1.61. The maximum atomic E-state index is 12.4. The van der Waals surface area contributed by atoms with Crippen molar-refractivity contribution in [2.24, 2.45) is 0 Å². The molecule has 1 aliphatic heterocycles. The van der Waals surface area contributed by atoms with Gasteiger partial charge in [0.1, 0.15) is 12.3 Å². The van der Waals surface area contributed by atoms with Crippen LogP contribution in [0.2, 0.25) is 0 Å². The highest BCUT2D eigenvalue weighted by Crippen LogP contribution is 2.33. The van der Waals surface area contributed by atoms with E-state index in [0.29, 0.717) is 11.4 Å². The third kappa shape index (κ3) is 3.17. The Morgan fingerprint density at radius 3 is 2.58 bits per heavy atom. The van der Waals surface area contributed by atoms with Crippen LogP contribution in [0.5, 0.6) is 5.75 Å². The molecular weight excluding hydrogens is 306 g/mol. The molecule has 2 amide bonds. The molecule has 0 saturated heterocycles. The molecule has 6 nitrogen and oxygen atoms in total. The molecule has 3 rings (SSSR count). The molecule has 1 atom stereocenters. The van der Waals surface area contributed by atoms with Crippen LogP contribution in [0.4, 0.5) is 11.4 Å². The first-order valence-corrected chi connectivity index (χ1v) is 7.71. The molecule has 0 aromatic heterocycles. The quantitative estimate of drug-likeness (QED) is 0.873. The van der Waals surface area contributed by atoms with Gasteiger partial charge in [0.05, 0.1) is 11.4 Å². The van der Waals surface area contributed by atoms with E-state index < -0.39 is 6.10 Å². The van der Waals surface area contributed by atoms with Gasteiger partial charge in [-0.25, -0.2) is 0 Å². The largest absolute Gasteiger partial charge is 0.479 e. The first-order valence-electron chi connectivity index (χ1n) is 7.71. The molecule has 6 heteroatoms. The number of para-hydroxylation sites is 3. The fraction of sp³-hybridized carbons (Fsp3) is 0.222. The Hall–Kier alpha value is -3.02. The SMILES string of the molecule is CC1Oc2ccccc2N(CC(=O)NN(C)c2ccccc2)C1=O. The van der Waals surface area contributed by atoms with Crippen LogP contribution < -0.4 is 20.1 Å². The number of hydrogen-bond donors (Lipinski definition) is 1. The number of benzene rings is 2. The van der Waals surface area contributed by atoms with Gasteiger partial charge >= 0.3 is 0 Å². The second-order valence-electron chi connectivity index (χ2n) is 5.58. The van der Waals surface area contributed by atoms with E-state index in [-0.39, 0.29) is 18.4 Å². The summed E-state index contributed by atoms with van der Waals surface area (Å²) in [5.74, 6) is 0.0960. The third-order valence-electron chi connectivity index (χ3n) is 3.81. The number of amides is 2. The molecule has 0 saturated carbocycles.